The van der Waals surface area contributed by atoms with Crippen molar-refractivity contribution in [3.8, 4) is 0 Å². The highest BCUT2D eigenvalue weighted by Crippen LogP contribution is 2.35. The van der Waals surface area contributed by atoms with E-state index in [9.17, 15) is 13.6 Å². The van der Waals surface area contributed by atoms with E-state index in [2.05, 4.69) is 0 Å². The number of carbonyl (C=O) groups excluding carboxylic acids is 1. The molecule has 0 bridgehead atoms. The highest BCUT2D eigenvalue weighted by atomic mass is 32.2. The van der Waals surface area contributed by atoms with Gasteiger partial charge in [0.25, 0.3) is 5.76 Å². The number of halogens is 2. The van der Waals surface area contributed by atoms with E-state index in [0.717, 1.165) is 0 Å². The summed E-state index contributed by atoms with van der Waals surface area (Å²) in [7, 11) is 0. The van der Waals surface area contributed by atoms with Crippen molar-refractivity contribution in [2.24, 2.45) is 5.73 Å². The number of nitrogens with two attached hydrogens (primary N) is 1. The van der Waals surface area contributed by atoms with E-state index in [0.29, 0.717) is 28.9 Å². The molecule has 1 aliphatic heterocycles. The fourth-order valence-corrected chi connectivity index (χ4v) is 2.19. The fourth-order valence-electron chi connectivity index (χ4n) is 1.55. The first kappa shape index (κ1) is 11.3. The van der Waals surface area contributed by atoms with Gasteiger partial charge in [0.1, 0.15) is 6.04 Å². The minimum Gasteiger partial charge on any atom is -0.318 e. The van der Waals surface area contributed by atoms with Crippen LogP contribution in [0.3, 0.4) is 0 Å². The van der Waals surface area contributed by atoms with Crippen molar-refractivity contribution in [2.45, 2.75) is 16.7 Å². The summed E-state index contributed by atoms with van der Waals surface area (Å²) in [6.45, 7) is 0.389. The van der Waals surface area contributed by atoms with Gasteiger partial charge in [0.05, 0.1) is 12.2 Å². The number of hydrogen-bond acceptors (Lipinski definition) is 3. The summed E-state index contributed by atoms with van der Waals surface area (Å²) in [5.41, 5.74) is 5.97. The SMILES string of the molecule is NC1CN(c2ccccc2SC(F)F)C1=O. The number of hydrogen-bond donors (Lipinski definition) is 1. The van der Waals surface area contributed by atoms with Crippen LogP contribution in [-0.2, 0) is 4.79 Å². The Bertz CT molecular complexity index is 414. The molecule has 16 heavy (non-hydrogen) atoms. The number of anilines is 1. The van der Waals surface area contributed by atoms with E-state index in [1.165, 1.54) is 4.90 Å². The van der Waals surface area contributed by atoms with Crippen molar-refractivity contribution >= 4 is 23.4 Å². The molecule has 0 aliphatic carbocycles. The minimum absolute atomic E-state index is 0.220. The van der Waals surface area contributed by atoms with Gasteiger partial charge in [0, 0.05) is 4.90 Å². The summed E-state index contributed by atoms with van der Waals surface area (Å²) in [5.74, 6) is -2.71. The predicted octanol–water partition coefficient (Wildman–Crippen LogP) is 1.68. The van der Waals surface area contributed by atoms with Crippen molar-refractivity contribution < 1.29 is 13.6 Å². The summed E-state index contributed by atoms with van der Waals surface area (Å²) < 4.78 is 24.6. The van der Waals surface area contributed by atoms with E-state index >= 15 is 0 Å². The Balaban J connectivity index is 2.23. The molecular formula is C10H10F2N2OS. The summed E-state index contributed by atoms with van der Waals surface area (Å²) in [6.07, 6.45) is 0. The van der Waals surface area contributed by atoms with Gasteiger partial charge in [-0.2, -0.15) is 8.78 Å². The van der Waals surface area contributed by atoms with Crippen molar-refractivity contribution in [1.29, 1.82) is 0 Å². The fraction of sp³-hybridized carbons (Fsp3) is 0.300. The Morgan fingerprint density at radius 2 is 2.12 bits per heavy atom. The number of β-lactam (4-membered cyclic amide) rings is 1. The first-order valence-electron chi connectivity index (χ1n) is 4.70. The van der Waals surface area contributed by atoms with Crippen molar-refractivity contribution in [1.82, 2.24) is 0 Å². The molecule has 1 heterocycles. The Labute approximate surface area is 95.6 Å². The molecule has 1 fully saturated rings. The lowest BCUT2D eigenvalue weighted by Gasteiger charge is -2.37. The Hall–Kier alpha value is -1.14. The molecule has 1 aromatic carbocycles. The molecule has 1 aliphatic rings. The number of para-hydroxylation sites is 1. The summed E-state index contributed by atoms with van der Waals surface area (Å²) in [5, 5.41) is 0. The van der Waals surface area contributed by atoms with Gasteiger partial charge in [0.2, 0.25) is 5.91 Å². The van der Waals surface area contributed by atoms with Gasteiger partial charge >= 0.3 is 0 Å². The normalized spacial score (nSPS) is 20.1. The second-order valence-electron chi connectivity index (χ2n) is 3.40. The molecule has 2 rings (SSSR count). The van der Waals surface area contributed by atoms with Crippen LogP contribution in [0, 0.1) is 0 Å². The number of thioether (sulfide) groups is 1. The zero-order valence-corrected chi connectivity index (χ0v) is 9.08. The molecule has 1 atom stereocenters. The molecule has 86 valence electrons. The summed E-state index contributed by atoms with van der Waals surface area (Å²) in [4.78, 5) is 13.2. The van der Waals surface area contributed by atoms with Gasteiger partial charge in [-0.3, -0.25) is 4.79 Å². The quantitative estimate of drug-likeness (QED) is 0.650. The number of alkyl halides is 2. The van der Waals surface area contributed by atoms with Gasteiger partial charge in [-0.05, 0) is 12.1 Å². The van der Waals surface area contributed by atoms with Gasteiger partial charge in [0.15, 0.2) is 0 Å². The smallest absolute Gasteiger partial charge is 0.288 e. The molecular weight excluding hydrogens is 234 g/mol. The average molecular weight is 244 g/mol. The standard InChI is InChI=1S/C10H10F2N2OS/c11-10(12)16-8-4-2-1-3-7(8)14-5-6(13)9(14)15/h1-4,6,10H,5,13H2. The molecule has 0 saturated carbocycles. The second kappa shape index (κ2) is 4.39. The van der Waals surface area contributed by atoms with Gasteiger partial charge in [-0.1, -0.05) is 23.9 Å². The average Bonchev–Trinajstić information content (AvgIpc) is 2.26. The lowest BCUT2D eigenvalue weighted by atomic mass is 10.1. The van der Waals surface area contributed by atoms with E-state index in [-0.39, 0.29) is 5.91 Å². The largest absolute Gasteiger partial charge is 0.318 e. The molecule has 6 heteroatoms. The second-order valence-corrected chi connectivity index (χ2v) is 4.43. The van der Waals surface area contributed by atoms with Gasteiger partial charge in [-0.25, -0.2) is 0 Å². The van der Waals surface area contributed by atoms with Gasteiger partial charge < -0.3 is 10.6 Å². The highest BCUT2D eigenvalue weighted by molar-refractivity contribution is 7.99. The van der Waals surface area contributed by atoms with Crippen molar-refractivity contribution in [2.75, 3.05) is 11.4 Å². The maximum atomic E-state index is 12.3. The summed E-state index contributed by atoms with van der Waals surface area (Å²) >= 11 is 0.438. The lowest BCUT2D eigenvalue weighted by molar-refractivity contribution is -0.123. The summed E-state index contributed by atoms with van der Waals surface area (Å²) in [6, 6.07) is 6.10. The van der Waals surface area contributed by atoms with Crippen molar-refractivity contribution in [3.63, 3.8) is 0 Å². The van der Waals surface area contributed by atoms with E-state index in [4.69, 9.17) is 5.73 Å². The topological polar surface area (TPSA) is 46.3 Å². The molecule has 0 radical (unpaired) electrons. The Morgan fingerprint density at radius 3 is 2.69 bits per heavy atom. The zero-order chi connectivity index (χ0) is 11.7. The van der Waals surface area contributed by atoms with Crippen LogP contribution in [0.25, 0.3) is 0 Å². The van der Waals surface area contributed by atoms with Gasteiger partial charge in [-0.15, -0.1) is 0 Å². The highest BCUT2D eigenvalue weighted by Gasteiger charge is 2.35. The molecule has 2 N–H and O–H groups in total. The number of carbonyl (C=O) groups is 1. The van der Waals surface area contributed by atoms with E-state index in [1.807, 2.05) is 0 Å². The number of benzene rings is 1. The van der Waals surface area contributed by atoms with Crippen LogP contribution >= 0.6 is 11.8 Å². The van der Waals surface area contributed by atoms with Crippen LogP contribution in [-0.4, -0.2) is 24.3 Å². The number of nitrogens with zero attached hydrogens (tertiary/aromatic N) is 1. The molecule has 1 amide bonds. The number of rotatable bonds is 3. The maximum Gasteiger partial charge on any atom is 0.288 e. The third kappa shape index (κ3) is 2.03. The monoisotopic (exact) mass is 244 g/mol. The first-order valence-corrected chi connectivity index (χ1v) is 5.58. The van der Waals surface area contributed by atoms with E-state index < -0.39 is 11.8 Å². The Kier molecular flexibility index (Phi) is 3.11. The predicted molar refractivity (Wildman–Crippen MR) is 58.6 cm³/mol. The van der Waals surface area contributed by atoms with Crippen LogP contribution in [0.1, 0.15) is 0 Å². The molecule has 0 aromatic heterocycles. The minimum atomic E-state index is -2.49. The Morgan fingerprint density at radius 1 is 1.44 bits per heavy atom. The zero-order valence-electron chi connectivity index (χ0n) is 8.27. The van der Waals surface area contributed by atoms with Crippen LogP contribution in [0.4, 0.5) is 14.5 Å². The van der Waals surface area contributed by atoms with Crippen LogP contribution in [0.15, 0.2) is 29.2 Å². The van der Waals surface area contributed by atoms with Crippen LogP contribution in [0.2, 0.25) is 0 Å². The first-order chi connectivity index (χ1) is 7.59. The lowest BCUT2D eigenvalue weighted by Crippen LogP contribution is -2.61. The van der Waals surface area contributed by atoms with E-state index in [1.54, 1.807) is 24.3 Å². The maximum absolute atomic E-state index is 12.3. The molecule has 3 nitrogen and oxygen atoms in total. The molecule has 1 unspecified atom stereocenters. The third-order valence-electron chi connectivity index (χ3n) is 2.33. The molecule has 1 saturated heterocycles. The third-order valence-corrected chi connectivity index (χ3v) is 3.11. The molecule has 0 spiro atoms. The van der Waals surface area contributed by atoms with Crippen LogP contribution < -0.4 is 10.6 Å². The number of amides is 1. The van der Waals surface area contributed by atoms with Crippen molar-refractivity contribution in [3.05, 3.63) is 24.3 Å². The molecule has 1 aromatic rings. The van der Waals surface area contributed by atoms with Crippen LogP contribution in [0.5, 0.6) is 0 Å².